The predicted molar refractivity (Wildman–Crippen MR) is 145 cm³/mol. The molecule has 10 nitrogen and oxygen atoms in total. The highest BCUT2D eigenvalue weighted by Crippen LogP contribution is 2.42. The largest absolute Gasteiger partial charge is 0.489 e. The number of nitro groups is 1. The van der Waals surface area contributed by atoms with Crippen molar-refractivity contribution >= 4 is 17.7 Å². The molecule has 2 heterocycles. The van der Waals surface area contributed by atoms with Gasteiger partial charge in [0.1, 0.15) is 24.4 Å². The van der Waals surface area contributed by atoms with Crippen LogP contribution >= 0.6 is 11.8 Å². The van der Waals surface area contributed by atoms with Crippen LogP contribution in [0.15, 0.2) is 77.3 Å². The molecule has 4 rings (SSSR count). The lowest BCUT2D eigenvalue weighted by Gasteiger charge is -2.34. The van der Waals surface area contributed by atoms with Crippen molar-refractivity contribution in [2.24, 2.45) is 0 Å². The minimum absolute atomic E-state index is 0.0808. The maximum atomic E-state index is 13.4. The number of carbonyl (C=O) groups is 1. The van der Waals surface area contributed by atoms with Gasteiger partial charge >= 0.3 is 5.97 Å². The number of hydrogen-bond acceptors (Lipinski definition) is 10. The minimum atomic E-state index is -1.27. The third kappa shape index (κ3) is 6.44. The highest BCUT2D eigenvalue weighted by Gasteiger charge is 2.43. The minimum Gasteiger partial charge on any atom is -0.489 e. The molecule has 2 aliphatic heterocycles. The molecule has 2 aromatic carbocycles. The second-order valence-corrected chi connectivity index (χ2v) is 10.8. The van der Waals surface area contributed by atoms with Crippen LogP contribution in [-0.4, -0.2) is 62.1 Å². The Labute approximate surface area is 230 Å². The number of nitrogens with one attached hydrogen (secondary N) is 1. The lowest BCUT2D eigenvalue weighted by Crippen LogP contribution is -2.49. The zero-order valence-corrected chi connectivity index (χ0v) is 22.5. The highest BCUT2D eigenvalue weighted by atomic mass is 32.2. The number of carbonyl (C=O) groups excluding carboxylic acids is 1. The van der Waals surface area contributed by atoms with Crippen molar-refractivity contribution in [2.45, 2.75) is 56.4 Å². The maximum absolute atomic E-state index is 13.4. The van der Waals surface area contributed by atoms with Gasteiger partial charge in [-0.1, -0.05) is 48.5 Å². The molecule has 0 saturated carbocycles. The summed E-state index contributed by atoms with van der Waals surface area (Å²) in [5.74, 6) is -1.12. The van der Waals surface area contributed by atoms with Crippen LogP contribution < -0.4 is 10.1 Å². The molecule has 1 saturated heterocycles. The number of nitrogens with zero attached hydrogens (tertiary/aromatic N) is 1. The van der Waals surface area contributed by atoms with Gasteiger partial charge in [-0.2, -0.15) is 11.8 Å². The predicted octanol–water partition coefficient (Wildman–Crippen LogP) is 2.87. The van der Waals surface area contributed by atoms with Crippen LogP contribution in [-0.2, 0) is 16.1 Å². The lowest BCUT2D eigenvalue weighted by molar-refractivity contribution is -0.431. The molecular weight excluding hydrogens is 524 g/mol. The second kappa shape index (κ2) is 12.6. The molecule has 5 atom stereocenters. The van der Waals surface area contributed by atoms with E-state index in [1.165, 1.54) is 11.8 Å². The van der Waals surface area contributed by atoms with Crippen molar-refractivity contribution in [1.29, 1.82) is 0 Å². The molecule has 0 aliphatic carbocycles. The molecular formula is C28H32N2O8S. The Morgan fingerprint density at radius 3 is 2.46 bits per heavy atom. The summed E-state index contributed by atoms with van der Waals surface area (Å²) in [4.78, 5) is 25.2. The molecule has 0 amide bonds. The molecule has 2 aliphatic rings. The van der Waals surface area contributed by atoms with Crippen LogP contribution in [0.2, 0.25) is 0 Å². The van der Waals surface area contributed by atoms with Gasteiger partial charge in [0.25, 0.3) is 5.70 Å². The number of aliphatic hydroxyl groups excluding tert-OH is 3. The number of para-hydroxylation sites is 1. The first kappa shape index (κ1) is 28.6. The van der Waals surface area contributed by atoms with Crippen LogP contribution in [0.3, 0.4) is 0 Å². The third-order valence-corrected chi connectivity index (χ3v) is 8.33. The van der Waals surface area contributed by atoms with E-state index < -0.39 is 40.4 Å². The molecule has 0 spiro atoms. The number of ether oxygens (including phenoxy) is 2. The number of hydrogen-bond donors (Lipinski definition) is 4. The fourth-order valence-electron chi connectivity index (χ4n) is 4.85. The number of allylic oxidation sites excluding steroid dienone is 3. The summed E-state index contributed by atoms with van der Waals surface area (Å²) in [6.07, 6.45) is -3.22. The van der Waals surface area contributed by atoms with Crippen LogP contribution in [0.5, 0.6) is 5.75 Å². The van der Waals surface area contributed by atoms with E-state index in [1.807, 2.05) is 30.3 Å². The summed E-state index contributed by atoms with van der Waals surface area (Å²) in [5.41, 5.74) is 2.03. The Kier molecular flexibility index (Phi) is 9.28. The first-order chi connectivity index (χ1) is 18.7. The highest BCUT2D eigenvalue weighted by molar-refractivity contribution is 8.00. The van der Waals surface area contributed by atoms with Gasteiger partial charge in [-0.05, 0) is 31.9 Å². The number of esters is 1. The lowest BCUT2D eigenvalue weighted by atomic mass is 9.83. The smallest absolute Gasteiger partial charge is 0.336 e. The van der Waals surface area contributed by atoms with Gasteiger partial charge in [-0.3, -0.25) is 10.1 Å². The zero-order valence-electron chi connectivity index (χ0n) is 21.6. The van der Waals surface area contributed by atoms with Crippen LogP contribution in [0.4, 0.5) is 0 Å². The van der Waals surface area contributed by atoms with E-state index in [0.717, 1.165) is 5.56 Å². The zero-order chi connectivity index (χ0) is 28.1. The monoisotopic (exact) mass is 556 g/mol. The number of rotatable bonds is 9. The standard InChI is InChI=1S/C28H32N2O8S/c1-16-23(28(34)37-13-12-22-27(33)26(32)20(31)15-39-22)24(25(30(35)36)17(2)29-16)19-10-6-7-11-21(19)38-14-18-8-4-3-5-9-18/h3-11,20,22,24,26-27,29,31-33H,12-15H2,1-2H3/t20-,22-,24?,26-,27-/m1/s1. The third-order valence-electron chi connectivity index (χ3n) is 6.85. The van der Waals surface area contributed by atoms with Gasteiger partial charge in [-0.25, -0.2) is 4.79 Å². The van der Waals surface area contributed by atoms with Crippen molar-refractivity contribution in [2.75, 3.05) is 12.4 Å². The quantitative estimate of drug-likeness (QED) is 0.206. The van der Waals surface area contributed by atoms with Crippen molar-refractivity contribution in [1.82, 2.24) is 5.32 Å². The normalized spacial score (nSPS) is 25.2. The Hall–Kier alpha value is -3.38. The number of benzene rings is 2. The van der Waals surface area contributed by atoms with Crippen LogP contribution in [0.1, 0.15) is 37.3 Å². The van der Waals surface area contributed by atoms with Gasteiger partial charge in [0, 0.05) is 22.3 Å². The summed E-state index contributed by atoms with van der Waals surface area (Å²) >= 11 is 1.29. The fourth-order valence-corrected chi connectivity index (χ4v) is 6.11. The van der Waals surface area contributed by atoms with E-state index in [-0.39, 0.29) is 36.7 Å². The molecule has 39 heavy (non-hydrogen) atoms. The SMILES string of the molecule is CC1=C(C(=O)OCC[C@H]2SC[C@@H](O)[C@@H](O)[C@@H]2O)C(c2ccccc2OCc2ccccc2)C([N+](=O)[O-])=C(C)N1. The fraction of sp³-hybridized carbons (Fsp3) is 0.393. The molecule has 208 valence electrons. The van der Waals surface area contributed by atoms with Crippen LogP contribution in [0, 0.1) is 10.1 Å². The second-order valence-electron chi connectivity index (χ2n) is 9.52. The molecule has 4 N–H and O–H groups in total. The Morgan fingerprint density at radius 2 is 1.74 bits per heavy atom. The van der Waals surface area contributed by atoms with Crippen LogP contribution in [0.25, 0.3) is 0 Å². The van der Waals surface area contributed by atoms with Crippen molar-refractivity contribution < 1.29 is 34.5 Å². The summed E-state index contributed by atoms with van der Waals surface area (Å²) < 4.78 is 11.6. The summed E-state index contributed by atoms with van der Waals surface area (Å²) in [6, 6.07) is 16.4. The molecule has 2 aromatic rings. The summed E-state index contributed by atoms with van der Waals surface area (Å²) in [6.45, 7) is 3.41. The number of aliphatic hydroxyl groups is 3. The van der Waals surface area contributed by atoms with Gasteiger partial charge in [0.05, 0.1) is 35.0 Å². The first-order valence-corrected chi connectivity index (χ1v) is 13.7. The average molecular weight is 557 g/mol. The maximum Gasteiger partial charge on any atom is 0.336 e. The first-order valence-electron chi connectivity index (χ1n) is 12.6. The number of thioether (sulfide) groups is 1. The Bertz CT molecular complexity index is 1270. The van der Waals surface area contributed by atoms with E-state index in [4.69, 9.17) is 9.47 Å². The average Bonchev–Trinajstić information content (AvgIpc) is 2.92. The Balaban J connectivity index is 1.58. The number of dihydropyridines is 1. The van der Waals surface area contributed by atoms with E-state index in [2.05, 4.69) is 5.32 Å². The van der Waals surface area contributed by atoms with E-state index in [9.17, 15) is 30.2 Å². The van der Waals surface area contributed by atoms with Crippen molar-refractivity contribution in [3.8, 4) is 5.75 Å². The topological polar surface area (TPSA) is 151 Å². The molecule has 1 unspecified atom stereocenters. The molecule has 11 heteroatoms. The van der Waals surface area contributed by atoms with Crippen molar-refractivity contribution in [3.63, 3.8) is 0 Å². The van der Waals surface area contributed by atoms with Gasteiger partial charge in [-0.15, -0.1) is 0 Å². The van der Waals surface area contributed by atoms with E-state index in [0.29, 0.717) is 22.7 Å². The Morgan fingerprint density at radius 1 is 1.05 bits per heavy atom. The summed E-state index contributed by atoms with van der Waals surface area (Å²) in [7, 11) is 0. The van der Waals surface area contributed by atoms with E-state index in [1.54, 1.807) is 38.1 Å². The summed E-state index contributed by atoms with van der Waals surface area (Å²) in [5, 5.41) is 44.7. The molecule has 0 aromatic heterocycles. The molecule has 0 radical (unpaired) electrons. The van der Waals surface area contributed by atoms with Gasteiger partial charge in [0.15, 0.2) is 0 Å². The molecule has 1 fully saturated rings. The van der Waals surface area contributed by atoms with Gasteiger partial charge in [0.2, 0.25) is 0 Å². The van der Waals surface area contributed by atoms with Crippen molar-refractivity contribution in [3.05, 3.63) is 98.5 Å². The molecule has 0 bridgehead atoms. The van der Waals surface area contributed by atoms with Gasteiger partial charge < -0.3 is 30.1 Å². The van der Waals surface area contributed by atoms with E-state index >= 15 is 0 Å².